The van der Waals surface area contributed by atoms with Crippen molar-refractivity contribution >= 4 is 28.1 Å². The number of aryl methyl sites for hydroxylation is 1. The largest absolute Gasteiger partial charge is 0.356 e. The summed E-state index contributed by atoms with van der Waals surface area (Å²) in [5.74, 6) is 0. The van der Waals surface area contributed by atoms with Crippen LogP contribution in [0.5, 0.6) is 0 Å². The third-order valence-corrected chi connectivity index (χ3v) is 2.89. The average molecular weight is 229 g/mol. The van der Waals surface area contributed by atoms with Crippen molar-refractivity contribution < 1.29 is 0 Å². The minimum absolute atomic E-state index is 0.692. The van der Waals surface area contributed by atoms with Gasteiger partial charge in [-0.3, -0.25) is 0 Å². The van der Waals surface area contributed by atoms with Gasteiger partial charge in [-0.2, -0.15) is 0 Å². The van der Waals surface area contributed by atoms with Crippen molar-refractivity contribution in [3.63, 3.8) is 0 Å². The van der Waals surface area contributed by atoms with E-state index in [1.807, 2.05) is 17.8 Å². The van der Waals surface area contributed by atoms with Crippen LogP contribution in [0.4, 0.5) is 5.13 Å². The number of anilines is 1. The second-order valence-corrected chi connectivity index (χ2v) is 4.48. The molecule has 0 atom stereocenters. The third-order valence-electron chi connectivity index (χ3n) is 1.81. The number of nitrogens with one attached hydrogen (secondary N) is 1. The Bertz CT molecular complexity index is 422. The molecule has 2 rings (SSSR count). The van der Waals surface area contributed by atoms with E-state index in [0.29, 0.717) is 10.9 Å². The van der Waals surface area contributed by atoms with Gasteiger partial charge in [-0.25, -0.2) is 9.97 Å². The first kappa shape index (κ1) is 9.48. The Labute approximate surface area is 90.6 Å². The molecular formula is C8H9ClN4S. The molecule has 0 fully saturated rings. The van der Waals surface area contributed by atoms with E-state index >= 15 is 0 Å². The molecule has 14 heavy (non-hydrogen) atoms. The summed E-state index contributed by atoms with van der Waals surface area (Å²) in [5, 5.41) is 4.00. The SMILES string of the molecule is Cn1cncc1CNc1ncc(Cl)s1. The lowest BCUT2D eigenvalue weighted by Gasteiger charge is -2.02. The number of rotatable bonds is 3. The van der Waals surface area contributed by atoms with Crippen molar-refractivity contribution in [3.05, 3.63) is 28.8 Å². The van der Waals surface area contributed by atoms with Crippen LogP contribution in [0, 0.1) is 0 Å². The van der Waals surface area contributed by atoms with Crippen molar-refractivity contribution in [2.24, 2.45) is 7.05 Å². The van der Waals surface area contributed by atoms with Crippen LogP contribution in [0.2, 0.25) is 4.34 Å². The molecule has 0 spiro atoms. The molecule has 0 aliphatic heterocycles. The third kappa shape index (κ3) is 2.05. The molecule has 2 aromatic rings. The molecule has 0 saturated heterocycles. The molecule has 0 aliphatic rings. The lowest BCUT2D eigenvalue weighted by molar-refractivity contribution is 0.837. The zero-order valence-corrected chi connectivity index (χ0v) is 9.14. The van der Waals surface area contributed by atoms with Crippen molar-refractivity contribution in [3.8, 4) is 0 Å². The molecule has 0 amide bonds. The van der Waals surface area contributed by atoms with Gasteiger partial charge in [-0.15, -0.1) is 0 Å². The van der Waals surface area contributed by atoms with Gasteiger partial charge in [-0.05, 0) is 0 Å². The smallest absolute Gasteiger partial charge is 0.184 e. The van der Waals surface area contributed by atoms with Gasteiger partial charge in [0, 0.05) is 13.2 Å². The minimum Gasteiger partial charge on any atom is -0.356 e. The van der Waals surface area contributed by atoms with Crippen LogP contribution in [0.1, 0.15) is 5.69 Å². The first-order chi connectivity index (χ1) is 6.75. The second kappa shape index (κ2) is 3.98. The Morgan fingerprint density at radius 1 is 1.57 bits per heavy atom. The fourth-order valence-electron chi connectivity index (χ4n) is 1.06. The summed E-state index contributed by atoms with van der Waals surface area (Å²) in [6.07, 6.45) is 5.23. The van der Waals surface area contributed by atoms with E-state index in [-0.39, 0.29) is 0 Å². The quantitative estimate of drug-likeness (QED) is 0.876. The van der Waals surface area contributed by atoms with Gasteiger partial charge in [0.05, 0.1) is 24.8 Å². The van der Waals surface area contributed by atoms with Crippen LogP contribution in [0.25, 0.3) is 0 Å². The molecule has 6 heteroatoms. The number of halogens is 1. The van der Waals surface area contributed by atoms with E-state index in [2.05, 4.69) is 15.3 Å². The standard InChI is InChI=1S/C8H9ClN4S/c1-13-5-10-2-6(13)3-11-8-12-4-7(9)14-8/h2,4-5H,3H2,1H3,(H,11,12). The van der Waals surface area contributed by atoms with E-state index in [0.717, 1.165) is 10.8 Å². The molecule has 74 valence electrons. The van der Waals surface area contributed by atoms with Gasteiger partial charge in [0.25, 0.3) is 0 Å². The minimum atomic E-state index is 0.692. The predicted octanol–water partition coefficient (Wildman–Crippen LogP) is 2.14. The second-order valence-electron chi connectivity index (χ2n) is 2.82. The summed E-state index contributed by atoms with van der Waals surface area (Å²) in [7, 11) is 1.96. The Balaban J connectivity index is 1.98. The van der Waals surface area contributed by atoms with E-state index in [1.54, 1.807) is 12.5 Å². The van der Waals surface area contributed by atoms with Gasteiger partial charge in [0.15, 0.2) is 5.13 Å². The Morgan fingerprint density at radius 2 is 2.43 bits per heavy atom. The highest BCUT2D eigenvalue weighted by Crippen LogP contribution is 2.22. The van der Waals surface area contributed by atoms with Crippen LogP contribution in [0.15, 0.2) is 18.7 Å². The van der Waals surface area contributed by atoms with Gasteiger partial charge < -0.3 is 9.88 Å². The normalized spacial score (nSPS) is 10.4. The molecule has 0 radical (unpaired) electrons. The molecule has 2 aromatic heterocycles. The van der Waals surface area contributed by atoms with Crippen LogP contribution >= 0.6 is 22.9 Å². The predicted molar refractivity (Wildman–Crippen MR) is 57.7 cm³/mol. The molecule has 0 unspecified atom stereocenters. The maximum Gasteiger partial charge on any atom is 0.184 e. The van der Waals surface area contributed by atoms with E-state index in [4.69, 9.17) is 11.6 Å². The highest BCUT2D eigenvalue weighted by Gasteiger charge is 2.01. The zero-order valence-electron chi connectivity index (χ0n) is 7.57. The van der Waals surface area contributed by atoms with Crippen LogP contribution in [-0.2, 0) is 13.6 Å². The fraction of sp³-hybridized carbons (Fsp3) is 0.250. The number of thiazole rings is 1. The summed E-state index contributed by atoms with van der Waals surface area (Å²) in [6.45, 7) is 0.709. The molecule has 2 heterocycles. The summed E-state index contributed by atoms with van der Waals surface area (Å²) in [4.78, 5) is 8.11. The van der Waals surface area contributed by atoms with Crippen LogP contribution < -0.4 is 5.32 Å². The highest BCUT2D eigenvalue weighted by molar-refractivity contribution is 7.19. The molecule has 0 aromatic carbocycles. The van der Waals surface area contributed by atoms with E-state index in [1.165, 1.54) is 11.3 Å². The maximum atomic E-state index is 5.75. The van der Waals surface area contributed by atoms with Crippen LogP contribution in [-0.4, -0.2) is 14.5 Å². The molecule has 0 aliphatic carbocycles. The molecule has 4 nitrogen and oxygen atoms in total. The Kier molecular flexibility index (Phi) is 2.69. The summed E-state index contributed by atoms with van der Waals surface area (Å²) >= 11 is 7.18. The van der Waals surface area contributed by atoms with Gasteiger partial charge in [-0.1, -0.05) is 22.9 Å². The molecule has 1 N–H and O–H groups in total. The lowest BCUT2D eigenvalue weighted by Crippen LogP contribution is -2.03. The molecular weight excluding hydrogens is 220 g/mol. The lowest BCUT2D eigenvalue weighted by atomic mass is 10.5. The highest BCUT2D eigenvalue weighted by atomic mass is 35.5. The van der Waals surface area contributed by atoms with Crippen molar-refractivity contribution in [2.75, 3.05) is 5.32 Å². The number of hydrogen-bond donors (Lipinski definition) is 1. The van der Waals surface area contributed by atoms with Gasteiger partial charge in [0.2, 0.25) is 0 Å². The summed E-state index contributed by atoms with van der Waals surface area (Å²) in [6, 6.07) is 0. The van der Waals surface area contributed by atoms with Crippen molar-refractivity contribution in [1.82, 2.24) is 14.5 Å². The summed E-state index contributed by atoms with van der Waals surface area (Å²) < 4.78 is 2.65. The summed E-state index contributed by atoms with van der Waals surface area (Å²) in [5.41, 5.74) is 1.11. The monoisotopic (exact) mass is 228 g/mol. The average Bonchev–Trinajstić information content (AvgIpc) is 2.72. The zero-order chi connectivity index (χ0) is 9.97. The van der Waals surface area contributed by atoms with E-state index in [9.17, 15) is 0 Å². The van der Waals surface area contributed by atoms with Crippen molar-refractivity contribution in [1.29, 1.82) is 0 Å². The number of aromatic nitrogens is 3. The van der Waals surface area contributed by atoms with E-state index < -0.39 is 0 Å². The topological polar surface area (TPSA) is 42.7 Å². The Hall–Kier alpha value is -1.07. The first-order valence-corrected chi connectivity index (χ1v) is 5.25. The number of hydrogen-bond acceptors (Lipinski definition) is 4. The Morgan fingerprint density at radius 3 is 3.00 bits per heavy atom. The van der Waals surface area contributed by atoms with Gasteiger partial charge in [0.1, 0.15) is 4.34 Å². The first-order valence-electron chi connectivity index (χ1n) is 4.06. The molecule has 0 bridgehead atoms. The van der Waals surface area contributed by atoms with Gasteiger partial charge >= 0.3 is 0 Å². The maximum absolute atomic E-state index is 5.75. The number of nitrogens with zero attached hydrogens (tertiary/aromatic N) is 3. The number of imidazole rings is 1. The fourth-order valence-corrected chi connectivity index (χ4v) is 1.87. The van der Waals surface area contributed by atoms with Crippen LogP contribution in [0.3, 0.4) is 0 Å². The molecule has 0 saturated carbocycles. The van der Waals surface area contributed by atoms with Crippen molar-refractivity contribution in [2.45, 2.75) is 6.54 Å².